The first kappa shape index (κ1) is 12.2. The Balaban J connectivity index is 2.48. The molecule has 0 fully saturated rings. The van der Waals surface area contributed by atoms with E-state index in [1.807, 2.05) is 0 Å². The number of halogens is 3. The van der Waals surface area contributed by atoms with Crippen LogP contribution in [0.3, 0.4) is 0 Å². The summed E-state index contributed by atoms with van der Waals surface area (Å²) in [6.07, 6.45) is -5.08. The van der Waals surface area contributed by atoms with E-state index in [9.17, 15) is 18.0 Å². The van der Waals surface area contributed by atoms with Gasteiger partial charge in [-0.15, -0.1) is 0 Å². The lowest BCUT2D eigenvalue weighted by molar-refractivity contribution is -0.189. The molecule has 2 aromatic rings. The summed E-state index contributed by atoms with van der Waals surface area (Å²) < 4.78 is 40.5. The lowest BCUT2D eigenvalue weighted by Gasteiger charge is -2.09. The van der Waals surface area contributed by atoms with Crippen LogP contribution in [0.25, 0.3) is 10.8 Å². The number of aromatic nitrogens is 1. The smallest absolute Gasteiger partial charge is 0.400 e. The second kappa shape index (κ2) is 4.17. The van der Waals surface area contributed by atoms with Crippen LogP contribution in [0.15, 0.2) is 30.3 Å². The Morgan fingerprint density at radius 1 is 1.28 bits per heavy atom. The number of fused-ring (bicyclic) bond motifs is 1. The van der Waals surface area contributed by atoms with Gasteiger partial charge < -0.3 is 10.5 Å². The van der Waals surface area contributed by atoms with Crippen LogP contribution in [0.2, 0.25) is 0 Å². The predicted octanol–water partition coefficient (Wildman–Crippen LogP) is 2.28. The van der Waals surface area contributed by atoms with E-state index >= 15 is 0 Å². The van der Waals surface area contributed by atoms with Gasteiger partial charge in [0.1, 0.15) is 5.82 Å². The zero-order valence-electron chi connectivity index (χ0n) is 8.86. The summed E-state index contributed by atoms with van der Waals surface area (Å²) in [7, 11) is 0. The highest BCUT2D eigenvalue weighted by Crippen LogP contribution is 2.27. The number of alkyl halides is 3. The van der Waals surface area contributed by atoms with Crippen LogP contribution >= 0.6 is 0 Å². The summed E-state index contributed by atoms with van der Waals surface area (Å²) in [5, 5.41) is 0.819. The number of hydrogen-bond donors (Lipinski definition) is 1. The summed E-state index contributed by atoms with van der Waals surface area (Å²) in [4.78, 5) is 14.4. The molecule has 1 heterocycles. The molecule has 0 unspecified atom stereocenters. The molecule has 0 saturated carbocycles. The fraction of sp³-hybridized carbons (Fsp3) is 0.0909. The van der Waals surface area contributed by atoms with Gasteiger partial charge >= 0.3 is 12.1 Å². The Morgan fingerprint density at radius 2 is 1.94 bits per heavy atom. The van der Waals surface area contributed by atoms with Crippen molar-refractivity contribution in [2.75, 3.05) is 5.73 Å². The van der Waals surface area contributed by atoms with Crippen LogP contribution < -0.4 is 10.5 Å². The fourth-order valence-electron chi connectivity index (χ4n) is 1.41. The predicted molar refractivity (Wildman–Crippen MR) is 57.8 cm³/mol. The van der Waals surface area contributed by atoms with E-state index < -0.39 is 18.0 Å². The molecule has 1 aromatic carbocycles. The van der Waals surface area contributed by atoms with Crippen LogP contribution in [0, 0.1) is 0 Å². The first-order chi connectivity index (χ1) is 8.38. The quantitative estimate of drug-likeness (QED) is 0.795. The van der Waals surface area contributed by atoms with Gasteiger partial charge in [-0.3, -0.25) is 0 Å². The van der Waals surface area contributed by atoms with E-state index in [2.05, 4.69) is 9.72 Å². The third-order valence-corrected chi connectivity index (χ3v) is 2.15. The van der Waals surface area contributed by atoms with Crippen molar-refractivity contribution in [1.29, 1.82) is 0 Å². The van der Waals surface area contributed by atoms with Crippen molar-refractivity contribution >= 4 is 22.6 Å². The highest BCUT2D eigenvalue weighted by Gasteiger charge is 2.41. The van der Waals surface area contributed by atoms with E-state index in [-0.39, 0.29) is 11.2 Å². The number of pyridine rings is 1. The van der Waals surface area contributed by atoms with Crippen molar-refractivity contribution < 1.29 is 22.7 Å². The maximum absolute atomic E-state index is 12.1. The van der Waals surface area contributed by atoms with Crippen LogP contribution in [0.4, 0.5) is 19.0 Å². The highest BCUT2D eigenvalue weighted by atomic mass is 19.4. The minimum Gasteiger partial charge on any atom is -0.400 e. The van der Waals surface area contributed by atoms with E-state index in [0.717, 1.165) is 0 Å². The number of carbonyl (C=O) groups is 1. The summed E-state index contributed by atoms with van der Waals surface area (Å²) in [5.41, 5.74) is 5.43. The van der Waals surface area contributed by atoms with Gasteiger partial charge in [0.25, 0.3) is 0 Å². The maximum atomic E-state index is 12.1. The zero-order chi connectivity index (χ0) is 13.3. The number of nitrogen functional groups attached to an aromatic ring is 1. The molecule has 94 valence electrons. The molecule has 1 aromatic heterocycles. The second-order valence-corrected chi connectivity index (χ2v) is 3.46. The van der Waals surface area contributed by atoms with Crippen molar-refractivity contribution in [2.45, 2.75) is 6.18 Å². The van der Waals surface area contributed by atoms with Crippen LogP contribution in [-0.2, 0) is 4.79 Å². The number of esters is 1. The molecule has 0 aliphatic heterocycles. The van der Waals surface area contributed by atoms with Crippen molar-refractivity contribution in [3.8, 4) is 5.88 Å². The molecule has 2 rings (SSSR count). The normalized spacial score (nSPS) is 11.5. The number of carbonyl (C=O) groups excluding carboxylic acids is 1. The minimum atomic E-state index is -5.08. The highest BCUT2D eigenvalue weighted by molar-refractivity contribution is 5.91. The average molecular weight is 256 g/mol. The molecule has 0 saturated heterocycles. The van der Waals surface area contributed by atoms with E-state index in [1.54, 1.807) is 18.2 Å². The summed E-state index contributed by atoms with van der Waals surface area (Å²) >= 11 is 0. The molecule has 0 atom stereocenters. The monoisotopic (exact) mass is 256 g/mol. The lowest BCUT2D eigenvalue weighted by Crippen LogP contribution is -2.28. The molecule has 0 aliphatic rings. The number of hydrogen-bond acceptors (Lipinski definition) is 4. The van der Waals surface area contributed by atoms with Gasteiger partial charge in [-0.1, -0.05) is 18.2 Å². The number of nitrogens with zero attached hydrogens (tertiary/aromatic N) is 1. The van der Waals surface area contributed by atoms with Crippen LogP contribution in [0.1, 0.15) is 0 Å². The maximum Gasteiger partial charge on any atom is 0.491 e. The summed E-state index contributed by atoms with van der Waals surface area (Å²) in [6, 6.07) is 7.85. The number of rotatable bonds is 1. The Morgan fingerprint density at radius 3 is 2.61 bits per heavy atom. The van der Waals surface area contributed by atoms with Crippen LogP contribution in [-0.4, -0.2) is 17.1 Å². The first-order valence-electron chi connectivity index (χ1n) is 4.82. The minimum absolute atomic E-state index is 0.0290. The molecule has 7 heteroatoms. The van der Waals surface area contributed by atoms with E-state index in [1.165, 1.54) is 12.1 Å². The zero-order valence-corrected chi connectivity index (χ0v) is 8.86. The van der Waals surface area contributed by atoms with Gasteiger partial charge in [-0.25, -0.2) is 4.79 Å². The molecule has 0 aliphatic carbocycles. The molecule has 2 N–H and O–H groups in total. The van der Waals surface area contributed by atoms with E-state index in [0.29, 0.717) is 5.39 Å². The van der Waals surface area contributed by atoms with Gasteiger partial charge in [0.2, 0.25) is 5.88 Å². The number of nitrogens with two attached hydrogens (primary N) is 1. The number of ether oxygens (including phenoxy) is 1. The third kappa shape index (κ3) is 2.34. The van der Waals surface area contributed by atoms with Crippen molar-refractivity contribution in [3.05, 3.63) is 30.3 Å². The van der Waals surface area contributed by atoms with Gasteiger partial charge in [-0.2, -0.15) is 18.2 Å². The molecule has 4 nitrogen and oxygen atoms in total. The number of benzene rings is 1. The molecule has 0 radical (unpaired) electrons. The Labute approximate surface area is 99.2 Å². The topological polar surface area (TPSA) is 65.2 Å². The molecule has 0 amide bonds. The molecular weight excluding hydrogens is 249 g/mol. The molecular formula is C11H7F3N2O2. The standard InChI is InChI=1S/C11H7F3N2O2/c12-11(13,14)10(17)18-9-7-4-2-1-3-6(7)5-8(15)16-9/h1-5H,(H2,15,16). The van der Waals surface area contributed by atoms with Crippen molar-refractivity contribution in [1.82, 2.24) is 4.98 Å². The number of anilines is 1. The van der Waals surface area contributed by atoms with Crippen molar-refractivity contribution in [2.24, 2.45) is 0 Å². The summed E-state index contributed by atoms with van der Waals surface area (Å²) in [5.74, 6) is -2.81. The Kier molecular flexibility index (Phi) is 2.82. The van der Waals surface area contributed by atoms with Gasteiger partial charge in [0, 0.05) is 5.39 Å². The summed E-state index contributed by atoms with van der Waals surface area (Å²) in [6.45, 7) is 0. The van der Waals surface area contributed by atoms with Gasteiger partial charge in [0.15, 0.2) is 0 Å². The van der Waals surface area contributed by atoms with Crippen LogP contribution in [0.5, 0.6) is 5.88 Å². The Hall–Kier alpha value is -2.31. The Bertz CT molecular complexity index is 611. The molecule has 0 bridgehead atoms. The molecule has 18 heavy (non-hydrogen) atoms. The SMILES string of the molecule is Nc1cc2ccccc2c(OC(=O)C(F)(F)F)n1. The van der Waals surface area contributed by atoms with Crippen molar-refractivity contribution in [3.63, 3.8) is 0 Å². The fourth-order valence-corrected chi connectivity index (χ4v) is 1.41. The first-order valence-corrected chi connectivity index (χ1v) is 4.82. The molecule has 0 spiro atoms. The largest absolute Gasteiger partial charge is 0.491 e. The van der Waals surface area contributed by atoms with Gasteiger partial charge in [-0.05, 0) is 17.5 Å². The van der Waals surface area contributed by atoms with Gasteiger partial charge in [0.05, 0.1) is 0 Å². The lowest BCUT2D eigenvalue weighted by atomic mass is 10.2. The average Bonchev–Trinajstić information content (AvgIpc) is 2.27. The second-order valence-electron chi connectivity index (χ2n) is 3.46. The third-order valence-electron chi connectivity index (χ3n) is 2.15. The van der Waals surface area contributed by atoms with E-state index in [4.69, 9.17) is 5.73 Å².